The van der Waals surface area contributed by atoms with Gasteiger partial charge in [-0.05, 0) is 56.7 Å². The van der Waals surface area contributed by atoms with Crippen LogP contribution in [0.3, 0.4) is 0 Å². The molecule has 2 saturated heterocycles. The summed E-state index contributed by atoms with van der Waals surface area (Å²) in [6.45, 7) is 18.4. The van der Waals surface area contributed by atoms with Crippen LogP contribution in [0.1, 0.15) is 67.2 Å². The minimum Gasteiger partial charge on any atom is -0.411 e. The summed E-state index contributed by atoms with van der Waals surface area (Å²) in [6.07, 6.45) is 9.34. The van der Waals surface area contributed by atoms with Crippen molar-refractivity contribution in [1.82, 2.24) is 0 Å². The highest BCUT2D eigenvalue weighted by Crippen LogP contribution is 2.37. The first-order valence-corrected chi connectivity index (χ1v) is 16.5. The summed E-state index contributed by atoms with van der Waals surface area (Å²) in [5.74, 6) is 0.954. The molecule has 2 rings (SSSR count). The highest BCUT2D eigenvalue weighted by molar-refractivity contribution is 6.74. The molecule has 2 aliphatic heterocycles. The van der Waals surface area contributed by atoms with Gasteiger partial charge >= 0.3 is 0 Å². The topological polar surface area (TPSA) is 116 Å². The van der Waals surface area contributed by atoms with Crippen molar-refractivity contribution in [3.8, 4) is 12.1 Å². The summed E-state index contributed by atoms with van der Waals surface area (Å²) in [4.78, 5) is 0. The van der Waals surface area contributed by atoms with Crippen molar-refractivity contribution in [3.63, 3.8) is 0 Å². The normalized spacial score (nSPS) is 30.1. The fourth-order valence-corrected chi connectivity index (χ4v) is 5.75. The second kappa shape index (κ2) is 15.8. The van der Waals surface area contributed by atoms with E-state index in [-0.39, 0.29) is 29.3 Å². The number of ether oxygens (including phenoxy) is 2. The lowest BCUT2D eigenvalue weighted by Crippen LogP contribution is -2.42. The van der Waals surface area contributed by atoms with Crippen molar-refractivity contribution in [2.45, 2.75) is 116 Å². The van der Waals surface area contributed by atoms with Gasteiger partial charge in [0.05, 0.1) is 55.9 Å². The Hall–Kier alpha value is -1.52. The van der Waals surface area contributed by atoms with Crippen molar-refractivity contribution in [1.29, 1.82) is 10.5 Å². The monoisotopic (exact) mass is 534 g/mol. The average molecular weight is 535 g/mol. The largest absolute Gasteiger partial charge is 0.411 e. The molecule has 0 amide bonds. The maximum Gasteiger partial charge on any atom is 0.192 e. The summed E-state index contributed by atoms with van der Waals surface area (Å²) in [5.41, 5.74) is 0. The van der Waals surface area contributed by atoms with Gasteiger partial charge in [-0.3, -0.25) is 0 Å². The van der Waals surface area contributed by atoms with Gasteiger partial charge in [0.1, 0.15) is 0 Å². The summed E-state index contributed by atoms with van der Waals surface area (Å²) < 4.78 is 17.6. The van der Waals surface area contributed by atoms with Crippen LogP contribution in [0.15, 0.2) is 24.3 Å². The van der Waals surface area contributed by atoms with Crippen molar-refractivity contribution >= 4 is 8.32 Å². The zero-order valence-corrected chi connectivity index (χ0v) is 25.2. The first-order valence-electron chi connectivity index (χ1n) is 13.6. The zero-order chi connectivity index (χ0) is 28.2. The van der Waals surface area contributed by atoms with Crippen molar-refractivity contribution in [2.75, 3.05) is 13.2 Å². The molecule has 0 aromatic heterocycles. The van der Waals surface area contributed by atoms with Crippen LogP contribution in [0, 0.1) is 40.4 Å². The number of nitrogens with zero attached hydrogens (tertiary/aromatic N) is 2. The molecule has 7 nitrogen and oxygen atoms in total. The lowest BCUT2D eigenvalue weighted by atomic mass is 9.88. The number of rotatable bonds is 10. The number of hydrogen-bond acceptors (Lipinski definition) is 7. The van der Waals surface area contributed by atoms with Gasteiger partial charge in [0.25, 0.3) is 0 Å². The molecule has 8 heteroatoms. The second-order valence-electron chi connectivity index (χ2n) is 12.0. The minimum absolute atomic E-state index is 0.0281. The van der Waals surface area contributed by atoms with E-state index in [0.29, 0.717) is 37.7 Å². The van der Waals surface area contributed by atoms with Gasteiger partial charge in [-0.1, -0.05) is 52.0 Å². The molecule has 8 atom stereocenters. The fraction of sp³-hybridized carbons (Fsp3) is 0.793. The van der Waals surface area contributed by atoms with E-state index in [1.54, 1.807) is 19.1 Å². The maximum atomic E-state index is 9.62. The van der Waals surface area contributed by atoms with E-state index in [2.05, 4.69) is 72.0 Å². The van der Waals surface area contributed by atoms with E-state index in [4.69, 9.17) is 29.5 Å². The Morgan fingerprint density at radius 3 is 2.03 bits per heavy atom. The summed E-state index contributed by atoms with van der Waals surface area (Å²) in [7, 11) is -1.73. The van der Waals surface area contributed by atoms with Gasteiger partial charge < -0.3 is 24.1 Å². The quantitative estimate of drug-likeness (QED) is 0.280. The molecule has 0 aliphatic carbocycles. The minimum atomic E-state index is -1.73. The van der Waals surface area contributed by atoms with Gasteiger partial charge in [-0.25, -0.2) is 0 Å². The molecule has 2 heterocycles. The molecule has 0 spiro atoms. The Kier molecular flexibility index (Phi) is 14.3. The van der Waals surface area contributed by atoms with E-state index in [1.165, 1.54) is 0 Å². The molecule has 0 aromatic carbocycles. The molecular formula is C29H50N2O5Si. The van der Waals surface area contributed by atoms with E-state index >= 15 is 0 Å². The maximum absolute atomic E-state index is 9.62. The number of nitriles is 2. The Morgan fingerprint density at radius 1 is 0.973 bits per heavy atom. The van der Waals surface area contributed by atoms with Crippen LogP contribution in [-0.2, 0) is 13.9 Å². The number of aliphatic hydroxyl groups is 2. The highest BCUT2D eigenvalue weighted by atomic mass is 28.4. The van der Waals surface area contributed by atoms with Crippen LogP contribution in [0.5, 0.6) is 0 Å². The molecule has 2 fully saturated rings. The predicted molar refractivity (Wildman–Crippen MR) is 149 cm³/mol. The lowest BCUT2D eigenvalue weighted by Gasteiger charge is -2.37. The molecule has 0 unspecified atom stereocenters. The third-order valence-corrected chi connectivity index (χ3v) is 12.3. The molecule has 2 N–H and O–H groups in total. The Balaban J connectivity index is 0.000000397. The second-order valence-corrected chi connectivity index (χ2v) is 16.7. The van der Waals surface area contributed by atoms with Gasteiger partial charge in [-0.15, -0.1) is 0 Å². The number of hydrogen-bond donors (Lipinski definition) is 2. The standard InChI is InChI=1S/C18H33NO2Si.C11H17NO3/c1-14-13-20-17(16(14)9-8-12-19)11-10-15(2)21-22(6,7)18(3,4)5;1-8(13)4-5-11-9(3-2-6-12)10(14)7-15-11/h10-11,14-17H,8-9,13H2,1-7H3;4-5,8-11,13-14H,2-3,7H2,1H3/b11-10+;5-4+/t14-,15-,16-,17+;8-,9-,10-,11+/m00/s1. The number of aliphatic hydroxyl groups excluding tert-OH is 2. The van der Waals surface area contributed by atoms with Crippen LogP contribution in [-0.4, -0.2) is 62.3 Å². The molecule has 37 heavy (non-hydrogen) atoms. The summed E-state index contributed by atoms with van der Waals surface area (Å²) >= 11 is 0. The highest BCUT2D eigenvalue weighted by Gasteiger charge is 2.38. The van der Waals surface area contributed by atoms with Crippen molar-refractivity contribution in [3.05, 3.63) is 24.3 Å². The zero-order valence-electron chi connectivity index (χ0n) is 24.2. The van der Waals surface area contributed by atoms with E-state index in [0.717, 1.165) is 13.0 Å². The smallest absolute Gasteiger partial charge is 0.192 e. The molecule has 0 radical (unpaired) electrons. The third kappa shape index (κ3) is 11.4. The van der Waals surface area contributed by atoms with Crippen LogP contribution >= 0.6 is 0 Å². The van der Waals surface area contributed by atoms with E-state index in [9.17, 15) is 5.11 Å². The lowest BCUT2D eigenvalue weighted by molar-refractivity contribution is 0.107. The van der Waals surface area contributed by atoms with Gasteiger partial charge in [0.15, 0.2) is 8.32 Å². The van der Waals surface area contributed by atoms with Crippen molar-refractivity contribution in [2.24, 2.45) is 17.8 Å². The molecule has 0 saturated carbocycles. The van der Waals surface area contributed by atoms with E-state index < -0.39 is 20.5 Å². The average Bonchev–Trinajstić information content (AvgIpc) is 3.34. The Bertz CT molecular complexity index is 809. The van der Waals surface area contributed by atoms with Crippen LogP contribution in [0.25, 0.3) is 0 Å². The predicted octanol–water partition coefficient (Wildman–Crippen LogP) is 5.51. The van der Waals surface area contributed by atoms with Crippen LogP contribution in [0.2, 0.25) is 18.1 Å². The Morgan fingerprint density at radius 2 is 1.49 bits per heavy atom. The molecule has 2 aliphatic rings. The van der Waals surface area contributed by atoms with Gasteiger partial charge in [0, 0.05) is 18.8 Å². The van der Waals surface area contributed by atoms with Gasteiger partial charge in [0.2, 0.25) is 0 Å². The Labute approximate surface area is 226 Å². The third-order valence-electron chi connectivity index (χ3n) is 7.70. The summed E-state index contributed by atoms with van der Waals surface area (Å²) in [5, 5.41) is 36.2. The molecule has 0 bridgehead atoms. The molecular weight excluding hydrogens is 484 g/mol. The van der Waals surface area contributed by atoms with Crippen LogP contribution in [0.4, 0.5) is 0 Å². The van der Waals surface area contributed by atoms with E-state index in [1.807, 2.05) is 0 Å². The first kappa shape index (κ1) is 33.5. The van der Waals surface area contributed by atoms with Gasteiger partial charge in [-0.2, -0.15) is 10.5 Å². The van der Waals surface area contributed by atoms with Crippen LogP contribution < -0.4 is 0 Å². The SMILES string of the molecule is C[C@@H](/C=C/[C@H]1OC[C@H](C)[C@@H]1CCC#N)O[Si](C)(C)C(C)(C)C.C[C@H](O)/C=C/[C@H]1OC[C@H](O)[C@@H]1CCC#N. The summed E-state index contributed by atoms with van der Waals surface area (Å²) in [6, 6.07) is 4.31. The molecule has 0 aromatic rings. The van der Waals surface area contributed by atoms with Crippen molar-refractivity contribution < 1.29 is 24.1 Å². The fourth-order valence-electron chi connectivity index (χ4n) is 4.39. The molecule has 210 valence electrons. The first-order chi connectivity index (χ1) is 17.2.